The van der Waals surface area contributed by atoms with E-state index in [4.69, 9.17) is 5.73 Å². The largest absolute Gasteiger partial charge is 0.573 e. The number of aromatic amines is 1. The zero-order chi connectivity index (χ0) is 27.5. The number of amides is 2. The van der Waals surface area contributed by atoms with Gasteiger partial charge in [0.05, 0.1) is 5.56 Å². The van der Waals surface area contributed by atoms with Gasteiger partial charge in [-0.3, -0.25) is 15.1 Å². The summed E-state index contributed by atoms with van der Waals surface area (Å²) in [6, 6.07) is 9.51. The monoisotopic (exact) mass is 536 g/mol. The van der Waals surface area contributed by atoms with Gasteiger partial charge in [0.15, 0.2) is 0 Å². The Balaban J connectivity index is 1.51. The molecule has 0 fully saturated rings. The Labute approximate surface area is 215 Å². The zero-order valence-electron chi connectivity index (χ0n) is 20.3. The second kappa shape index (κ2) is 13.5. The van der Waals surface area contributed by atoms with Crippen LogP contribution in [0.15, 0.2) is 53.5 Å². The van der Waals surface area contributed by atoms with Crippen molar-refractivity contribution in [3.63, 3.8) is 0 Å². The van der Waals surface area contributed by atoms with Gasteiger partial charge in [-0.2, -0.15) is 0 Å². The van der Waals surface area contributed by atoms with Gasteiger partial charge in [-0.05, 0) is 55.6 Å². The van der Waals surface area contributed by atoms with Crippen molar-refractivity contribution in [3.05, 3.63) is 76.0 Å². The van der Waals surface area contributed by atoms with Crippen molar-refractivity contribution in [2.24, 2.45) is 5.73 Å². The number of rotatable bonds is 12. The number of carbonyl (C=O) groups is 1. The van der Waals surface area contributed by atoms with Crippen molar-refractivity contribution in [1.82, 2.24) is 20.6 Å². The second-order valence-electron chi connectivity index (χ2n) is 8.24. The number of para-hydroxylation sites is 1. The fraction of sp³-hybridized carbons (Fsp3) is 0.320. The molecule has 6 N–H and O–H groups in total. The Morgan fingerprint density at radius 1 is 1.08 bits per heavy atom. The molecule has 0 saturated carbocycles. The number of anilines is 1. The van der Waals surface area contributed by atoms with Gasteiger partial charge >= 0.3 is 12.4 Å². The third-order valence-electron chi connectivity index (χ3n) is 5.38. The molecule has 0 atom stereocenters. The number of urea groups is 1. The van der Waals surface area contributed by atoms with Gasteiger partial charge in [-0.1, -0.05) is 30.3 Å². The first kappa shape index (κ1) is 28.6. The summed E-state index contributed by atoms with van der Waals surface area (Å²) in [5.41, 5.74) is 6.09. The van der Waals surface area contributed by atoms with Crippen molar-refractivity contribution in [3.8, 4) is 16.9 Å². The molecule has 1 heterocycles. The minimum Gasteiger partial charge on any atom is -0.406 e. The van der Waals surface area contributed by atoms with Gasteiger partial charge in [0.25, 0.3) is 5.56 Å². The Hall–Kier alpha value is -3.97. The molecule has 9 nitrogen and oxygen atoms in total. The summed E-state index contributed by atoms with van der Waals surface area (Å²) < 4.78 is 56.1. The van der Waals surface area contributed by atoms with E-state index in [-0.39, 0.29) is 30.2 Å². The molecule has 204 valence electrons. The topological polar surface area (TPSA) is 134 Å². The Morgan fingerprint density at radius 2 is 1.87 bits per heavy atom. The molecule has 0 unspecified atom stereocenters. The third-order valence-corrected chi connectivity index (χ3v) is 5.38. The summed E-state index contributed by atoms with van der Waals surface area (Å²) in [6.07, 6.45) is -2.24. The molecule has 0 bridgehead atoms. The lowest BCUT2D eigenvalue weighted by Crippen LogP contribution is -2.31. The average molecular weight is 537 g/mol. The number of nitrogens with zero attached hydrogens (tertiary/aromatic N) is 1. The first-order valence-corrected chi connectivity index (χ1v) is 11.8. The zero-order valence-corrected chi connectivity index (χ0v) is 20.3. The van der Waals surface area contributed by atoms with Gasteiger partial charge in [-0.25, -0.2) is 14.2 Å². The summed E-state index contributed by atoms with van der Waals surface area (Å²) in [4.78, 5) is 31.1. The van der Waals surface area contributed by atoms with Crippen LogP contribution in [0, 0.1) is 5.82 Å². The maximum Gasteiger partial charge on any atom is 0.573 e. The quantitative estimate of drug-likeness (QED) is 0.177. The summed E-state index contributed by atoms with van der Waals surface area (Å²) >= 11 is 0. The Kier molecular flexibility index (Phi) is 10.2. The van der Waals surface area contributed by atoms with Crippen LogP contribution in [0.4, 0.5) is 28.3 Å². The van der Waals surface area contributed by atoms with Crippen LogP contribution < -0.4 is 32.0 Å². The van der Waals surface area contributed by atoms with Crippen LogP contribution in [-0.4, -0.2) is 42.0 Å². The maximum atomic E-state index is 14.5. The first-order chi connectivity index (χ1) is 18.2. The van der Waals surface area contributed by atoms with Gasteiger partial charge in [0, 0.05) is 24.8 Å². The number of H-pyrrole nitrogens is 1. The molecular formula is C25H28F4N6O3. The predicted octanol–water partition coefficient (Wildman–Crippen LogP) is 3.67. The molecule has 0 aliphatic rings. The van der Waals surface area contributed by atoms with Gasteiger partial charge in [-0.15, -0.1) is 13.2 Å². The Morgan fingerprint density at radius 3 is 2.58 bits per heavy atom. The SMILES string of the molecule is NCCCNCc1ccc(-c2cnc(NC(=O)NCCCc3ccccc3OC(F)(F)F)[nH]c2=O)cc1F. The number of benzene rings is 2. The van der Waals surface area contributed by atoms with Crippen LogP contribution in [0.1, 0.15) is 24.0 Å². The fourth-order valence-electron chi connectivity index (χ4n) is 3.54. The number of aryl methyl sites for hydroxylation is 1. The van der Waals surface area contributed by atoms with E-state index in [1.54, 1.807) is 18.2 Å². The number of nitrogens with two attached hydrogens (primary N) is 1. The van der Waals surface area contributed by atoms with E-state index in [9.17, 15) is 27.2 Å². The van der Waals surface area contributed by atoms with E-state index in [1.165, 1.54) is 30.5 Å². The van der Waals surface area contributed by atoms with Crippen LogP contribution in [0.5, 0.6) is 5.75 Å². The number of ether oxygens (including phenoxy) is 1. The van der Waals surface area contributed by atoms with Crippen molar-refractivity contribution < 1.29 is 27.1 Å². The molecule has 1 aromatic heterocycles. The first-order valence-electron chi connectivity index (χ1n) is 11.8. The van der Waals surface area contributed by atoms with E-state index in [2.05, 4.69) is 30.7 Å². The van der Waals surface area contributed by atoms with Gasteiger partial charge < -0.3 is 21.1 Å². The highest BCUT2D eigenvalue weighted by molar-refractivity contribution is 5.87. The molecule has 2 amide bonds. The highest BCUT2D eigenvalue weighted by Crippen LogP contribution is 2.27. The number of hydrogen-bond acceptors (Lipinski definition) is 6. The normalized spacial score (nSPS) is 11.3. The fourth-order valence-corrected chi connectivity index (χ4v) is 3.54. The molecular weight excluding hydrogens is 508 g/mol. The summed E-state index contributed by atoms with van der Waals surface area (Å²) in [5.74, 6) is -0.891. The maximum absolute atomic E-state index is 14.5. The van der Waals surface area contributed by atoms with E-state index in [0.29, 0.717) is 42.7 Å². The van der Waals surface area contributed by atoms with Crippen LogP contribution in [-0.2, 0) is 13.0 Å². The van der Waals surface area contributed by atoms with E-state index >= 15 is 0 Å². The minimum atomic E-state index is -4.80. The number of aromatic nitrogens is 2. The molecule has 0 aliphatic heterocycles. The van der Waals surface area contributed by atoms with Crippen molar-refractivity contribution >= 4 is 12.0 Å². The van der Waals surface area contributed by atoms with Crippen LogP contribution in [0.3, 0.4) is 0 Å². The molecule has 2 aromatic carbocycles. The number of carbonyl (C=O) groups excluding carboxylic acids is 1. The lowest BCUT2D eigenvalue weighted by Gasteiger charge is -2.13. The number of alkyl halides is 3. The molecule has 0 aliphatic carbocycles. The van der Waals surface area contributed by atoms with Crippen LogP contribution in [0.25, 0.3) is 11.1 Å². The highest BCUT2D eigenvalue weighted by atomic mass is 19.4. The lowest BCUT2D eigenvalue weighted by atomic mass is 10.1. The van der Waals surface area contributed by atoms with Crippen LogP contribution in [0.2, 0.25) is 0 Å². The van der Waals surface area contributed by atoms with Gasteiger partial charge in [0.1, 0.15) is 11.6 Å². The second-order valence-corrected chi connectivity index (χ2v) is 8.24. The van der Waals surface area contributed by atoms with E-state index in [1.807, 2.05) is 0 Å². The molecule has 3 aromatic rings. The third kappa shape index (κ3) is 8.85. The molecule has 3 rings (SSSR count). The highest BCUT2D eigenvalue weighted by Gasteiger charge is 2.31. The molecule has 0 saturated heterocycles. The predicted molar refractivity (Wildman–Crippen MR) is 134 cm³/mol. The number of halogens is 4. The molecule has 0 spiro atoms. The Bertz CT molecular complexity index is 1280. The number of hydrogen-bond donors (Lipinski definition) is 5. The molecule has 13 heteroatoms. The van der Waals surface area contributed by atoms with Crippen molar-refractivity contribution in [2.45, 2.75) is 32.2 Å². The summed E-state index contributed by atoms with van der Waals surface area (Å²) in [5, 5.41) is 7.99. The van der Waals surface area contributed by atoms with Crippen molar-refractivity contribution in [2.75, 3.05) is 25.0 Å². The van der Waals surface area contributed by atoms with E-state index in [0.717, 1.165) is 6.42 Å². The van der Waals surface area contributed by atoms with Gasteiger partial charge in [0.2, 0.25) is 5.95 Å². The van der Waals surface area contributed by atoms with E-state index < -0.39 is 23.8 Å². The lowest BCUT2D eigenvalue weighted by molar-refractivity contribution is -0.274. The summed E-state index contributed by atoms with van der Waals surface area (Å²) in [6.45, 7) is 1.66. The number of nitrogens with one attached hydrogen (secondary N) is 4. The average Bonchev–Trinajstić information content (AvgIpc) is 2.85. The smallest absolute Gasteiger partial charge is 0.406 e. The summed E-state index contributed by atoms with van der Waals surface area (Å²) in [7, 11) is 0. The standard InChI is InChI=1S/C25H28F4N6O3/c26-20-13-17(8-9-18(20)14-31-11-4-10-30)19-15-33-23(34-22(19)36)35-24(37)32-12-3-6-16-5-1-2-7-21(16)38-25(27,28)29/h1-2,5,7-9,13,15,31H,3-4,6,10-12,14,30H2,(H3,32,33,34,35,36,37). The van der Waals surface area contributed by atoms with Crippen LogP contribution >= 0.6 is 0 Å². The minimum absolute atomic E-state index is 0.122. The molecule has 38 heavy (non-hydrogen) atoms. The van der Waals surface area contributed by atoms with Crippen molar-refractivity contribution in [1.29, 1.82) is 0 Å². The molecule has 0 radical (unpaired) electrons.